The van der Waals surface area contributed by atoms with Crippen LogP contribution in [0.25, 0.3) is 0 Å². The molecule has 0 aliphatic carbocycles. The highest BCUT2D eigenvalue weighted by atomic mass is 32.2. The minimum absolute atomic E-state index is 0.0548. The van der Waals surface area contributed by atoms with E-state index in [1.54, 1.807) is 36.4 Å². The number of sulfonamides is 1. The Morgan fingerprint density at radius 1 is 0.694 bits per heavy atom. The molecular weight excluding hydrogens is 468 g/mol. The molecule has 0 aliphatic heterocycles. The molecule has 1 N–H and O–H groups in total. The normalized spacial score (nSPS) is 12.4. The third-order valence-electron chi connectivity index (χ3n) is 5.96. The fourth-order valence-corrected chi connectivity index (χ4v) is 5.78. The molecule has 5 nitrogen and oxygen atoms in total. The zero-order valence-electron chi connectivity index (χ0n) is 20.4. The smallest absolute Gasteiger partial charge is 0.264 e. The van der Waals surface area contributed by atoms with Gasteiger partial charge in [0, 0.05) is 19.6 Å². The van der Waals surface area contributed by atoms with E-state index in [0.29, 0.717) is 25.3 Å². The fourth-order valence-electron chi connectivity index (χ4n) is 4.26. The highest BCUT2D eigenvalue weighted by Gasteiger charge is 2.28. The predicted molar refractivity (Wildman–Crippen MR) is 145 cm³/mol. The van der Waals surface area contributed by atoms with Gasteiger partial charge in [-0.05, 0) is 47.9 Å². The number of hydrogen-bond acceptors (Lipinski definition) is 4. The average Bonchev–Trinajstić information content (AvgIpc) is 2.89. The van der Waals surface area contributed by atoms with Gasteiger partial charge in [0.25, 0.3) is 10.0 Å². The van der Waals surface area contributed by atoms with Crippen molar-refractivity contribution in [1.82, 2.24) is 4.90 Å². The van der Waals surface area contributed by atoms with E-state index in [1.807, 2.05) is 61.5 Å². The highest BCUT2D eigenvalue weighted by Crippen LogP contribution is 2.25. The van der Waals surface area contributed by atoms with E-state index in [0.717, 1.165) is 16.7 Å². The van der Waals surface area contributed by atoms with Crippen LogP contribution in [0.4, 0.5) is 5.69 Å². The molecule has 4 rings (SSSR count). The van der Waals surface area contributed by atoms with Gasteiger partial charge in [-0.2, -0.15) is 0 Å². The average molecular weight is 501 g/mol. The van der Waals surface area contributed by atoms with E-state index in [1.165, 1.54) is 4.31 Å². The summed E-state index contributed by atoms with van der Waals surface area (Å²) in [6.45, 7) is 3.47. The van der Waals surface area contributed by atoms with Crippen molar-refractivity contribution in [3.05, 3.63) is 132 Å². The second-order valence-corrected chi connectivity index (χ2v) is 10.8. The van der Waals surface area contributed by atoms with E-state index in [4.69, 9.17) is 0 Å². The maximum absolute atomic E-state index is 13.6. The van der Waals surface area contributed by atoms with Gasteiger partial charge in [0.2, 0.25) is 0 Å². The predicted octanol–water partition coefficient (Wildman–Crippen LogP) is 5.25. The number of aliphatic hydroxyl groups is 1. The first kappa shape index (κ1) is 25.6. The third-order valence-corrected chi connectivity index (χ3v) is 7.77. The molecule has 0 saturated carbocycles. The summed E-state index contributed by atoms with van der Waals surface area (Å²) in [5.74, 6) is 0. The van der Waals surface area contributed by atoms with E-state index in [9.17, 15) is 13.5 Å². The SMILES string of the molecule is Cc1cccc(N(CC(O)CN(Cc2ccccc2)Cc2ccccc2)S(=O)(=O)c2ccccc2)c1. The molecule has 36 heavy (non-hydrogen) atoms. The topological polar surface area (TPSA) is 60.9 Å². The maximum Gasteiger partial charge on any atom is 0.264 e. The van der Waals surface area contributed by atoms with Crippen molar-refractivity contribution in [2.75, 3.05) is 17.4 Å². The number of rotatable bonds is 11. The van der Waals surface area contributed by atoms with E-state index in [-0.39, 0.29) is 11.4 Å². The van der Waals surface area contributed by atoms with Gasteiger partial charge in [-0.1, -0.05) is 91.0 Å². The highest BCUT2D eigenvalue weighted by molar-refractivity contribution is 7.92. The van der Waals surface area contributed by atoms with Crippen LogP contribution in [0.3, 0.4) is 0 Å². The summed E-state index contributed by atoms with van der Waals surface area (Å²) in [6.07, 6.45) is -0.906. The number of nitrogens with zero attached hydrogens (tertiary/aromatic N) is 2. The molecule has 0 radical (unpaired) electrons. The van der Waals surface area contributed by atoms with Crippen LogP contribution in [0.2, 0.25) is 0 Å². The van der Waals surface area contributed by atoms with Gasteiger partial charge >= 0.3 is 0 Å². The van der Waals surface area contributed by atoms with Crippen LogP contribution in [-0.4, -0.2) is 37.6 Å². The molecule has 0 fully saturated rings. The van der Waals surface area contributed by atoms with Crippen molar-refractivity contribution in [3.63, 3.8) is 0 Å². The lowest BCUT2D eigenvalue weighted by Gasteiger charge is -2.30. The number of aliphatic hydroxyl groups excluding tert-OH is 1. The Bertz CT molecular complexity index is 1290. The van der Waals surface area contributed by atoms with Gasteiger partial charge in [-0.25, -0.2) is 8.42 Å². The van der Waals surface area contributed by atoms with Crippen LogP contribution < -0.4 is 4.31 Å². The van der Waals surface area contributed by atoms with Crippen LogP contribution in [0.5, 0.6) is 0 Å². The van der Waals surface area contributed by atoms with Gasteiger partial charge in [0.1, 0.15) is 0 Å². The number of anilines is 1. The molecule has 0 bridgehead atoms. The van der Waals surface area contributed by atoms with E-state index >= 15 is 0 Å². The molecule has 0 amide bonds. The minimum atomic E-state index is -3.86. The number of aryl methyl sites for hydroxylation is 1. The van der Waals surface area contributed by atoms with E-state index in [2.05, 4.69) is 29.2 Å². The molecule has 0 aliphatic rings. The van der Waals surface area contributed by atoms with E-state index < -0.39 is 16.1 Å². The Morgan fingerprint density at radius 2 is 1.22 bits per heavy atom. The lowest BCUT2D eigenvalue weighted by molar-refractivity contribution is 0.111. The summed E-state index contributed by atoms with van der Waals surface area (Å²) in [4.78, 5) is 2.35. The molecule has 186 valence electrons. The molecule has 0 saturated heterocycles. The lowest BCUT2D eigenvalue weighted by atomic mass is 10.1. The van der Waals surface area contributed by atoms with Crippen molar-refractivity contribution in [1.29, 1.82) is 0 Å². The summed E-state index contributed by atoms with van der Waals surface area (Å²) in [5.41, 5.74) is 3.75. The second kappa shape index (κ2) is 12.0. The Balaban J connectivity index is 1.59. The lowest BCUT2D eigenvalue weighted by Crippen LogP contribution is -2.42. The van der Waals surface area contributed by atoms with Crippen LogP contribution >= 0.6 is 0 Å². The standard InChI is InChI=1S/C30H32N2O3S/c1-25-12-11-17-28(20-25)32(36(34,35)30-18-9-4-10-19-30)24-29(33)23-31(21-26-13-5-2-6-14-26)22-27-15-7-3-8-16-27/h2-20,29,33H,21-24H2,1H3. The zero-order chi connectivity index (χ0) is 25.4. The molecule has 4 aromatic rings. The van der Waals surface area contributed by atoms with Crippen LogP contribution in [0.1, 0.15) is 16.7 Å². The molecule has 0 aromatic heterocycles. The maximum atomic E-state index is 13.6. The summed E-state index contributed by atoms with van der Waals surface area (Å²) in [7, 11) is -3.86. The van der Waals surface area contributed by atoms with Crippen molar-refractivity contribution in [2.45, 2.75) is 31.0 Å². The molecule has 4 aromatic carbocycles. The van der Waals surface area contributed by atoms with Gasteiger partial charge in [0.15, 0.2) is 0 Å². The summed E-state index contributed by atoms with van der Waals surface area (Å²) >= 11 is 0. The van der Waals surface area contributed by atoms with Crippen molar-refractivity contribution in [2.24, 2.45) is 0 Å². The molecule has 1 atom stereocenters. The first-order valence-electron chi connectivity index (χ1n) is 12.0. The molecule has 0 spiro atoms. The second-order valence-electron chi connectivity index (χ2n) is 8.98. The summed E-state index contributed by atoms with van der Waals surface area (Å²) < 4.78 is 28.6. The number of hydrogen-bond donors (Lipinski definition) is 1. The molecule has 0 heterocycles. The molecule has 6 heteroatoms. The van der Waals surface area contributed by atoms with Crippen molar-refractivity contribution >= 4 is 15.7 Å². The first-order chi connectivity index (χ1) is 17.4. The minimum Gasteiger partial charge on any atom is -0.390 e. The summed E-state index contributed by atoms with van der Waals surface area (Å²) in [5, 5.41) is 11.2. The Hall–Kier alpha value is -3.45. The molecule has 1 unspecified atom stereocenters. The van der Waals surface area contributed by atoms with Gasteiger partial charge in [0.05, 0.1) is 23.2 Å². The monoisotopic (exact) mass is 500 g/mol. The zero-order valence-corrected chi connectivity index (χ0v) is 21.3. The van der Waals surface area contributed by atoms with Gasteiger partial charge < -0.3 is 5.11 Å². The van der Waals surface area contributed by atoms with Gasteiger partial charge in [-0.15, -0.1) is 0 Å². The molecular formula is C30H32N2O3S. The summed E-state index contributed by atoms with van der Waals surface area (Å²) in [6, 6.07) is 35.9. The third kappa shape index (κ3) is 6.82. The van der Waals surface area contributed by atoms with Crippen LogP contribution in [0.15, 0.2) is 120 Å². The van der Waals surface area contributed by atoms with Gasteiger partial charge in [-0.3, -0.25) is 9.21 Å². The Morgan fingerprint density at radius 3 is 1.75 bits per heavy atom. The fraction of sp³-hybridized carbons (Fsp3) is 0.200. The Kier molecular flexibility index (Phi) is 8.54. The van der Waals surface area contributed by atoms with Crippen LogP contribution in [-0.2, 0) is 23.1 Å². The van der Waals surface area contributed by atoms with Crippen LogP contribution in [0, 0.1) is 6.92 Å². The Labute approximate surface area is 214 Å². The quantitative estimate of drug-likeness (QED) is 0.305. The van der Waals surface area contributed by atoms with Crippen molar-refractivity contribution in [3.8, 4) is 0 Å². The van der Waals surface area contributed by atoms with Crippen molar-refractivity contribution < 1.29 is 13.5 Å². The largest absolute Gasteiger partial charge is 0.390 e. The number of benzene rings is 4. The first-order valence-corrected chi connectivity index (χ1v) is 13.5.